The van der Waals surface area contributed by atoms with Gasteiger partial charge >= 0.3 is 0 Å². The molecule has 0 saturated heterocycles. The molecule has 1 aromatic carbocycles. The van der Waals surface area contributed by atoms with E-state index >= 15 is 0 Å². The highest BCUT2D eigenvalue weighted by atomic mass is 19.1. The maximum atomic E-state index is 12.7. The first-order valence-corrected chi connectivity index (χ1v) is 4.03. The monoisotopic (exact) mass is 181 g/mol. The molecule has 1 aromatic rings. The number of rotatable bonds is 4. The van der Waals surface area contributed by atoms with Crippen LogP contribution in [0.4, 0.5) is 4.39 Å². The predicted molar refractivity (Wildman–Crippen MR) is 50.4 cm³/mol. The molecule has 0 aliphatic carbocycles. The SMILES string of the molecule is CNOC/C=C/c1cccc(F)c1. The molecule has 2 nitrogen and oxygen atoms in total. The van der Waals surface area contributed by atoms with Crippen LogP contribution >= 0.6 is 0 Å². The molecular formula is C10H12FNO. The fourth-order valence-electron chi connectivity index (χ4n) is 0.926. The van der Waals surface area contributed by atoms with E-state index < -0.39 is 0 Å². The third kappa shape index (κ3) is 3.83. The van der Waals surface area contributed by atoms with Crippen molar-refractivity contribution in [2.75, 3.05) is 13.7 Å². The topological polar surface area (TPSA) is 21.3 Å². The Morgan fingerprint density at radius 1 is 1.54 bits per heavy atom. The van der Waals surface area contributed by atoms with E-state index in [1.54, 1.807) is 19.2 Å². The summed E-state index contributed by atoms with van der Waals surface area (Å²) in [7, 11) is 1.69. The molecule has 13 heavy (non-hydrogen) atoms. The first-order valence-electron chi connectivity index (χ1n) is 4.03. The zero-order valence-electron chi connectivity index (χ0n) is 7.46. The highest BCUT2D eigenvalue weighted by molar-refractivity contribution is 5.48. The lowest BCUT2D eigenvalue weighted by Gasteiger charge is -1.95. The first-order chi connectivity index (χ1) is 6.33. The molecule has 3 heteroatoms. The van der Waals surface area contributed by atoms with Crippen LogP contribution in [0.2, 0.25) is 0 Å². The molecule has 0 fully saturated rings. The van der Waals surface area contributed by atoms with Gasteiger partial charge < -0.3 is 0 Å². The molecule has 0 heterocycles. The Hall–Kier alpha value is -1.19. The van der Waals surface area contributed by atoms with Crippen LogP contribution in [0.1, 0.15) is 5.56 Å². The quantitative estimate of drug-likeness (QED) is 0.566. The van der Waals surface area contributed by atoms with Crippen molar-refractivity contribution in [1.82, 2.24) is 5.48 Å². The molecule has 0 amide bonds. The summed E-state index contributed by atoms with van der Waals surface area (Å²) in [5, 5.41) is 0. The van der Waals surface area contributed by atoms with E-state index in [1.165, 1.54) is 12.1 Å². The summed E-state index contributed by atoms with van der Waals surface area (Å²) in [5.41, 5.74) is 3.37. The lowest BCUT2D eigenvalue weighted by atomic mass is 10.2. The third-order valence-corrected chi connectivity index (χ3v) is 1.48. The third-order valence-electron chi connectivity index (χ3n) is 1.48. The molecule has 0 atom stereocenters. The zero-order valence-corrected chi connectivity index (χ0v) is 7.46. The average molecular weight is 181 g/mol. The maximum absolute atomic E-state index is 12.7. The van der Waals surface area contributed by atoms with E-state index in [0.717, 1.165) is 5.56 Å². The van der Waals surface area contributed by atoms with Gasteiger partial charge in [0.05, 0.1) is 6.61 Å². The summed E-state index contributed by atoms with van der Waals surface area (Å²) in [4.78, 5) is 4.85. The van der Waals surface area contributed by atoms with Crippen molar-refractivity contribution in [2.45, 2.75) is 0 Å². The second kappa shape index (κ2) is 5.45. The standard InChI is InChI=1S/C10H12FNO/c1-12-13-7-3-5-9-4-2-6-10(11)8-9/h2-6,8,12H,7H2,1H3/b5-3+. The van der Waals surface area contributed by atoms with Crippen molar-refractivity contribution in [3.05, 3.63) is 41.7 Å². The summed E-state index contributed by atoms with van der Waals surface area (Å²) in [5.74, 6) is -0.225. The molecule has 0 aliphatic heterocycles. The lowest BCUT2D eigenvalue weighted by molar-refractivity contribution is 0.0814. The van der Waals surface area contributed by atoms with Crippen LogP contribution in [0.15, 0.2) is 30.3 Å². The molecular weight excluding hydrogens is 169 g/mol. The Morgan fingerprint density at radius 3 is 3.08 bits per heavy atom. The van der Waals surface area contributed by atoms with Crippen molar-refractivity contribution in [3.8, 4) is 0 Å². The van der Waals surface area contributed by atoms with Crippen LogP contribution in [0, 0.1) is 5.82 Å². The Balaban J connectivity index is 2.48. The van der Waals surface area contributed by atoms with Crippen LogP contribution < -0.4 is 5.48 Å². The van der Waals surface area contributed by atoms with Gasteiger partial charge in [-0.3, -0.25) is 4.84 Å². The number of hydrogen-bond acceptors (Lipinski definition) is 2. The molecule has 1 N–H and O–H groups in total. The van der Waals surface area contributed by atoms with Gasteiger partial charge in [0.15, 0.2) is 0 Å². The highest BCUT2D eigenvalue weighted by Gasteiger charge is 1.89. The first kappa shape index (κ1) is 9.89. The van der Waals surface area contributed by atoms with Gasteiger partial charge in [0.2, 0.25) is 0 Å². The van der Waals surface area contributed by atoms with Gasteiger partial charge in [-0.2, -0.15) is 0 Å². The van der Waals surface area contributed by atoms with Crippen LogP contribution in [0.5, 0.6) is 0 Å². The minimum Gasteiger partial charge on any atom is -0.298 e. The van der Waals surface area contributed by atoms with Crippen LogP contribution in [-0.2, 0) is 4.84 Å². The van der Waals surface area contributed by atoms with Gasteiger partial charge in [-0.05, 0) is 17.7 Å². The molecule has 0 saturated carbocycles. The fraction of sp³-hybridized carbons (Fsp3) is 0.200. The largest absolute Gasteiger partial charge is 0.298 e. The second-order valence-electron chi connectivity index (χ2n) is 2.47. The van der Waals surface area contributed by atoms with E-state index in [0.29, 0.717) is 6.61 Å². The van der Waals surface area contributed by atoms with E-state index in [-0.39, 0.29) is 5.82 Å². The van der Waals surface area contributed by atoms with Crippen molar-refractivity contribution < 1.29 is 9.23 Å². The maximum Gasteiger partial charge on any atom is 0.123 e. The fourth-order valence-corrected chi connectivity index (χ4v) is 0.926. The van der Waals surface area contributed by atoms with E-state index in [9.17, 15) is 4.39 Å². The smallest absolute Gasteiger partial charge is 0.123 e. The minimum atomic E-state index is -0.225. The van der Waals surface area contributed by atoms with E-state index in [1.807, 2.05) is 12.1 Å². The molecule has 0 spiro atoms. The number of benzene rings is 1. The van der Waals surface area contributed by atoms with Gasteiger partial charge in [-0.15, -0.1) is 0 Å². The Kier molecular flexibility index (Phi) is 4.15. The van der Waals surface area contributed by atoms with Gasteiger partial charge in [0, 0.05) is 7.05 Å². The Labute approximate surface area is 77.0 Å². The van der Waals surface area contributed by atoms with Crippen molar-refractivity contribution >= 4 is 6.08 Å². The summed E-state index contributed by atoms with van der Waals surface area (Å²) in [6, 6.07) is 6.39. The van der Waals surface area contributed by atoms with Gasteiger partial charge in [-0.1, -0.05) is 24.3 Å². The van der Waals surface area contributed by atoms with Crippen molar-refractivity contribution in [2.24, 2.45) is 0 Å². The van der Waals surface area contributed by atoms with Crippen LogP contribution in [0.25, 0.3) is 6.08 Å². The Morgan fingerprint density at radius 2 is 2.38 bits per heavy atom. The highest BCUT2D eigenvalue weighted by Crippen LogP contribution is 2.04. The number of hydroxylamine groups is 1. The molecule has 1 rings (SSSR count). The van der Waals surface area contributed by atoms with E-state index in [4.69, 9.17) is 4.84 Å². The summed E-state index contributed by atoms with van der Waals surface area (Å²) in [6.45, 7) is 0.465. The Bertz CT molecular complexity index is 286. The minimum absolute atomic E-state index is 0.225. The van der Waals surface area contributed by atoms with E-state index in [2.05, 4.69) is 5.48 Å². The number of hydrogen-bond donors (Lipinski definition) is 1. The molecule has 0 unspecified atom stereocenters. The second-order valence-corrected chi connectivity index (χ2v) is 2.47. The average Bonchev–Trinajstić information content (AvgIpc) is 2.13. The van der Waals surface area contributed by atoms with Crippen molar-refractivity contribution in [1.29, 1.82) is 0 Å². The summed E-state index contributed by atoms with van der Waals surface area (Å²) in [6.07, 6.45) is 3.62. The summed E-state index contributed by atoms with van der Waals surface area (Å²) >= 11 is 0. The molecule has 0 bridgehead atoms. The zero-order chi connectivity index (χ0) is 9.52. The molecule has 0 aromatic heterocycles. The molecule has 0 aliphatic rings. The summed E-state index contributed by atoms with van der Waals surface area (Å²) < 4.78 is 12.7. The van der Waals surface area contributed by atoms with Crippen LogP contribution in [-0.4, -0.2) is 13.7 Å². The van der Waals surface area contributed by atoms with Gasteiger partial charge in [-0.25, -0.2) is 9.87 Å². The number of nitrogens with one attached hydrogen (secondary N) is 1. The predicted octanol–water partition coefficient (Wildman–Crippen LogP) is 1.99. The lowest BCUT2D eigenvalue weighted by Crippen LogP contribution is -2.06. The van der Waals surface area contributed by atoms with Gasteiger partial charge in [0.1, 0.15) is 5.82 Å². The normalized spacial score (nSPS) is 10.9. The van der Waals surface area contributed by atoms with Gasteiger partial charge in [0.25, 0.3) is 0 Å². The van der Waals surface area contributed by atoms with Crippen LogP contribution in [0.3, 0.4) is 0 Å². The molecule has 70 valence electrons. The molecule has 0 radical (unpaired) electrons. The van der Waals surface area contributed by atoms with Crippen molar-refractivity contribution in [3.63, 3.8) is 0 Å². The number of halogens is 1.